The Balaban J connectivity index is 0.000000188. The molecular formula is C38H32IrN2OSi-2. The van der Waals surface area contributed by atoms with Gasteiger partial charge in [-0.1, -0.05) is 96.8 Å². The molecule has 0 aliphatic carbocycles. The molecule has 43 heavy (non-hydrogen) atoms. The van der Waals surface area contributed by atoms with Gasteiger partial charge in [0.2, 0.25) is 0 Å². The number of aromatic nitrogens is 2. The fraction of sp³-hybridized carbons (Fsp3) is 0.105. The molecule has 4 aromatic carbocycles. The van der Waals surface area contributed by atoms with Crippen LogP contribution >= 0.6 is 0 Å². The molecule has 0 atom stereocenters. The Morgan fingerprint density at radius 3 is 2.19 bits per heavy atom. The van der Waals surface area contributed by atoms with Gasteiger partial charge >= 0.3 is 0 Å². The third kappa shape index (κ3) is 6.76. The van der Waals surface area contributed by atoms with Gasteiger partial charge < -0.3 is 14.4 Å². The molecule has 0 saturated carbocycles. The van der Waals surface area contributed by atoms with E-state index in [2.05, 4.69) is 115 Å². The summed E-state index contributed by atoms with van der Waals surface area (Å²) in [5.41, 5.74) is 9.08. The third-order valence-electron chi connectivity index (χ3n) is 7.33. The van der Waals surface area contributed by atoms with E-state index in [1.165, 1.54) is 16.3 Å². The molecule has 5 heteroatoms. The summed E-state index contributed by atoms with van der Waals surface area (Å²) in [7, 11) is -1.23. The standard InChI is InChI=1S/C24H16NO.C14H16NSi.Ir/c1-16-12-13-25-22(14-16)21-9-5-8-20-19-11-10-18(15-23(19)26-24(20)21)17-6-3-2-4-7-17;1-16(2,3)13-9-10-14(15-11-13)12-7-5-4-6-8-12;/h2-8,10-15H,1H3;4-7,9-11H,1-3H3;/q2*-1;. The molecule has 0 spiro atoms. The molecule has 0 fully saturated rings. The van der Waals surface area contributed by atoms with Crippen molar-refractivity contribution in [1.29, 1.82) is 0 Å². The van der Waals surface area contributed by atoms with Gasteiger partial charge in [-0.15, -0.1) is 54.1 Å². The number of hydrogen-bond donors (Lipinski definition) is 0. The van der Waals surface area contributed by atoms with E-state index in [9.17, 15) is 0 Å². The number of hydrogen-bond acceptors (Lipinski definition) is 3. The summed E-state index contributed by atoms with van der Waals surface area (Å²) in [6.45, 7) is 9.06. The van der Waals surface area contributed by atoms with Gasteiger partial charge in [0.05, 0.1) is 13.7 Å². The SMILES string of the molecule is C[Si](C)(C)c1ccc(-c2[c-]cccc2)nc1.Cc1ccnc(-c2[c-]ccc3c2oc2cc(-c4ccccc4)ccc23)c1.[Ir]. The zero-order chi connectivity index (χ0) is 29.1. The van der Waals surface area contributed by atoms with E-state index in [0.29, 0.717) is 0 Å². The van der Waals surface area contributed by atoms with Crippen molar-refractivity contribution in [2.24, 2.45) is 0 Å². The molecule has 7 rings (SSSR count). The van der Waals surface area contributed by atoms with Crippen molar-refractivity contribution >= 4 is 35.2 Å². The average molecular weight is 753 g/mol. The summed E-state index contributed by atoms with van der Waals surface area (Å²) in [6.07, 6.45) is 3.84. The van der Waals surface area contributed by atoms with Crippen LogP contribution in [0.15, 0.2) is 126 Å². The first-order valence-electron chi connectivity index (χ1n) is 14.2. The van der Waals surface area contributed by atoms with Crippen LogP contribution in [0, 0.1) is 19.1 Å². The predicted molar refractivity (Wildman–Crippen MR) is 177 cm³/mol. The van der Waals surface area contributed by atoms with Crippen molar-refractivity contribution < 1.29 is 24.5 Å². The van der Waals surface area contributed by atoms with Gasteiger partial charge in [0.1, 0.15) is 5.58 Å². The fourth-order valence-corrected chi connectivity index (χ4v) is 6.00. The molecule has 3 aromatic heterocycles. The Labute approximate surface area is 268 Å². The van der Waals surface area contributed by atoms with Crippen molar-refractivity contribution in [2.45, 2.75) is 26.6 Å². The van der Waals surface area contributed by atoms with Crippen LogP contribution in [0.4, 0.5) is 0 Å². The number of nitrogens with zero attached hydrogens (tertiary/aromatic N) is 2. The summed E-state index contributed by atoms with van der Waals surface area (Å²) in [6, 6.07) is 43.5. The molecule has 0 N–H and O–H groups in total. The van der Waals surface area contributed by atoms with Crippen LogP contribution in [0.5, 0.6) is 0 Å². The van der Waals surface area contributed by atoms with Gasteiger partial charge in [-0.05, 0) is 46.8 Å². The van der Waals surface area contributed by atoms with Crippen LogP contribution in [0.2, 0.25) is 19.6 Å². The summed E-state index contributed by atoms with van der Waals surface area (Å²) < 4.78 is 6.27. The van der Waals surface area contributed by atoms with E-state index in [4.69, 9.17) is 4.42 Å². The van der Waals surface area contributed by atoms with Gasteiger partial charge in [0.15, 0.2) is 0 Å². The molecule has 0 saturated heterocycles. The number of benzene rings is 4. The number of rotatable bonds is 4. The molecule has 0 unspecified atom stereocenters. The Morgan fingerprint density at radius 1 is 0.674 bits per heavy atom. The smallest absolute Gasteiger partial charge is 0.121 e. The zero-order valence-electron chi connectivity index (χ0n) is 24.7. The van der Waals surface area contributed by atoms with E-state index in [0.717, 1.165) is 50.0 Å². The molecule has 0 aliphatic heterocycles. The molecule has 0 amide bonds. The van der Waals surface area contributed by atoms with Crippen molar-refractivity contribution in [3.8, 4) is 33.6 Å². The first-order valence-corrected chi connectivity index (χ1v) is 17.7. The van der Waals surface area contributed by atoms with E-state index < -0.39 is 8.07 Å². The minimum atomic E-state index is -1.23. The molecular weight excluding hydrogens is 721 g/mol. The molecule has 3 heterocycles. The van der Waals surface area contributed by atoms with Crippen molar-refractivity contribution in [2.75, 3.05) is 0 Å². The molecule has 7 aromatic rings. The van der Waals surface area contributed by atoms with Crippen molar-refractivity contribution in [1.82, 2.24) is 9.97 Å². The van der Waals surface area contributed by atoms with Gasteiger partial charge in [-0.25, -0.2) is 0 Å². The largest absolute Gasteiger partial charge is 0.501 e. The van der Waals surface area contributed by atoms with Gasteiger partial charge in [-0.2, -0.15) is 0 Å². The monoisotopic (exact) mass is 753 g/mol. The minimum absolute atomic E-state index is 0. The summed E-state index contributed by atoms with van der Waals surface area (Å²) in [5, 5.41) is 3.60. The van der Waals surface area contributed by atoms with Gasteiger partial charge in [0, 0.05) is 37.9 Å². The van der Waals surface area contributed by atoms with E-state index >= 15 is 0 Å². The van der Waals surface area contributed by atoms with Crippen molar-refractivity contribution in [3.63, 3.8) is 0 Å². The number of aryl methyl sites for hydroxylation is 1. The summed E-state index contributed by atoms with van der Waals surface area (Å²) in [4.78, 5) is 9.02. The van der Waals surface area contributed by atoms with Crippen molar-refractivity contribution in [3.05, 3.63) is 139 Å². The second-order valence-corrected chi connectivity index (χ2v) is 16.5. The minimum Gasteiger partial charge on any atom is -0.501 e. The average Bonchev–Trinajstić information content (AvgIpc) is 3.40. The fourth-order valence-electron chi connectivity index (χ4n) is 4.96. The van der Waals surface area contributed by atoms with Crippen LogP contribution in [0.25, 0.3) is 55.6 Å². The Hall–Kier alpha value is -4.15. The van der Waals surface area contributed by atoms with E-state index in [-0.39, 0.29) is 20.1 Å². The second kappa shape index (κ2) is 13.0. The van der Waals surface area contributed by atoms with E-state index in [1.54, 1.807) is 0 Å². The van der Waals surface area contributed by atoms with Crippen LogP contribution in [0.3, 0.4) is 0 Å². The first kappa shape index (κ1) is 30.3. The number of fused-ring (bicyclic) bond motifs is 3. The second-order valence-electron chi connectivity index (χ2n) is 11.5. The topological polar surface area (TPSA) is 38.9 Å². The number of furan rings is 1. The Morgan fingerprint density at radius 2 is 1.49 bits per heavy atom. The quantitative estimate of drug-likeness (QED) is 0.133. The maximum Gasteiger partial charge on any atom is 0.121 e. The Kier molecular flexibility index (Phi) is 9.17. The normalized spacial score (nSPS) is 11.1. The zero-order valence-corrected chi connectivity index (χ0v) is 28.1. The third-order valence-corrected chi connectivity index (χ3v) is 9.35. The number of pyridine rings is 2. The van der Waals surface area contributed by atoms with Gasteiger partial charge in [0.25, 0.3) is 0 Å². The first-order chi connectivity index (χ1) is 20.4. The van der Waals surface area contributed by atoms with Gasteiger partial charge in [-0.3, -0.25) is 0 Å². The molecule has 0 bridgehead atoms. The maximum absolute atomic E-state index is 6.27. The van der Waals surface area contributed by atoms with E-state index in [1.807, 2.05) is 54.9 Å². The molecule has 215 valence electrons. The molecule has 1 radical (unpaired) electrons. The molecule has 3 nitrogen and oxygen atoms in total. The van der Waals surface area contributed by atoms with Crippen LogP contribution < -0.4 is 5.19 Å². The summed E-state index contributed by atoms with van der Waals surface area (Å²) in [5.74, 6) is 0. The van der Waals surface area contributed by atoms with Crippen LogP contribution in [0.1, 0.15) is 5.56 Å². The molecule has 0 aliphatic rings. The summed E-state index contributed by atoms with van der Waals surface area (Å²) >= 11 is 0. The van der Waals surface area contributed by atoms with Crippen LogP contribution in [-0.2, 0) is 20.1 Å². The maximum atomic E-state index is 6.27. The Bertz CT molecular complexity index is 1960. The van der Waals surface area contributed by atoms with Crippen LogP contribution in [-0.4, -0.2) is 18.0 Å². The predicted octanol–water partition coefficient (Wildman–Crippen LogP) is 9.52.